The topological polar surface area (TPSA) is 40.5 Å². The molecule has 82 valence electrons. The third-order valence-corrected chi connectivity index (χ3v) is 2.55. The molecule has 2 rings (SSSR count). The summed E-state index contributed by atoms with van der Waals surface area (Å²) in [4.78, 5) is 0. The first-order valence-corrected chi connectivity index (χ1v) is 5.26. The number of aromatic hydroxyl groups is 1. The molecule has 0 fully saturated rings. The van der Waals surface area contributed by atoms with Crippen LogP contribution in [-0.2, 0) is 6.42 Å². The Morgan fingerprint density at radius 1 is 0.875 bits per heavy atom. The average molecular weight is 214 g/mol. The summed E-state index contributed by atoms with van der Waals surface area (Å²) in [5.74, 6) is 0.218. The van der Waals surface area contributed by atoms with Gasteiger partial charge in [-0.15, -0.1) is 0 Å². The zero-order chi connectivity index (χ0) is 11.4. The minimum Gasteiger partial charge on any atom is -0.508 e. The van der Waals surface area contributed by atoms with Gasteiger partial charge in [0.25, 0.3) is 0 Å². The zero-order valence-corrected chi connectivity index (χ0v) is 8.88. The normalized spacial score (nSPS) is 12.3. The van der Waals surface area contributed by atoms with E-state index < -0.39 is 6.10 Å². The Morgan fingerprint density at radius 2 is 1.50 bits per heavy atom. The lowest BCUT2D eigenvalue weighted by atomic mass is 10.0. The molecule has 0 unspecified atom stereocenters. The molecular formula is C14H14O2. The van der Waals surface area contributed by atoms with Crippen LogP contribution in [0, 0.1) is 0 Å². The van der Waals surface area contributed by atoms with Crippen molar-refractivity contribution in [3.05, 3.63) is 65.7 Å². The second-order valence-corrected chi connectivity index (χ2v) is 3.80. The van der Waals surface area contributed by atoms with Gasteiger partial charge in [-0.3, -0.25) is 0 Å². The molecule has 0 amide bonds. The smallest absolute Gasteiger partial charge is 0.115 e. The highest BCUT2D eigenvalue weighted by atomic mass is 16.3. The zero-order valence-electron chi connectivity index (χ0n) is 8.88. The van der Waals surface area contributed by atoms with E-state index in [2.05, 4.69) is 0 Å². The second-order valence-electron chi connectivity index (χ2n) is 3.80. The molecule has 0 aromatic heterocycles. The van der Waals surface area contributed by atoms with Crippen LogP contribution in [-0.4, -0.2) is 10.2 Å². The van der Waals surface area contributed by atoms with Crippen LogP contribution in [0.4, 0.5) is 0 Å². The number of hydrogen-bond acceptors (Lipinski definition) is 2. The molecule has 2 N–H and O–H groups in total. The maximum absolute atomic E-state index is 9.98. The molecule has 0 heterocycles. The van der Waals surface area contributed by atoms with E-state index in [4.69, 9.17) is 5.11 Å². The maximum Gasteiger partial charge on any atom is 0.115 e. The van der Waals surface area contributed by atoms with Crippen molar-refractivity contribution in [2.45, 2.75) is 12.5 Å². The predicted molar refractivity (Wildman–Crippen MR) is 63.2 cm³/mol. The van der Waals surface area contributed by atoms with Gasteiger partial charge in [-0.1, -0.05) is 42.5 Å². The fraction of sp³-hybridized carbons (Fsp3) is 0.143. The van der Waals surface area contributed by atoms with Crippen LogP contribution in [0.15, 0.2) is 54.6 Å². The van der Waals surface area contributed by atoms with Gasteiger partial charge in [-0.05, 0) is 23.3 Å². The van der Waals surface area contributed by atoms with Gasteiger partial charge in [0.05, 0.1) is 6.10 Å². The van der Waals surface area contributed by atoms with Crippen LogP contribution in [0.2, 0.25) is 0 Å². The van der Waals surface area contributed by atoms with Crippen molar-refractivity contribution < 1.29 is 10.2 Å². The Kier molecular flexibility index (Phi) is 3.22. The molecule has 1 atom stereocenters. The number of aliphatic hydroxyl groups excluding tert-OH is 1. The number of benzene rings is 2. The molecule has 16 heavy (non-hydrogen) atoms. The number of phenols is 1. The fourth-order valence-corrected chi connectivity index (χ4v) is 1.65. The predicted octanol–water partition coefficient (Wildman–Crippen LogP) is 2.67. The lowest BCUT2D eigenvalue weighted by Crippen LogP contribution is -2.01. The van der Waals surface area contributed by atoms with Gasteiger partial charge < -0.3 is 10.2 Å². The first-order valence-electron chi connectivity index (χ1n) is 5.26. The van der Waals surface area contributed by atoms with E-state index in [9.17, 15) is 5.11 Å². The summed E-state index contributed by atoms with van der Waals surface area (Å²) in [6.45, 7) is 0. The summed E-state index contributed by atoms with van der Waals surface area (Å²) < 4.78 is 0. The van der Waals surface area contributed by atoms with E-state index in [1.807, 2.05) is 30.3 Å². The number of rotatable bonds is 3. The van der Waals surface area contributed by atoms with Crippen molar-refractivity contribution in [2.75, 3.05) is 0 Å². The summed E-state index contributed by atoms with van der Waals surface area (Å²) in [6.07, 6.45) is 0.0639. The van der Waals surface area contributed by atoms with Crippen LogP contribution >= 0.6 is 0 Å². The minimum absolute atomic E-state index is 0.218. The molecule has 0 aliphatic heterocycles. The van der Waals surface area contributed by atoms with Crippen molar-refractivity contribution in [1.29, 1.82) is 0 Å². The Labute approximate surface area is 94.8 Å². The van der Waals surface area contributed by atoms with E-state index in [0.717, 1.165) is 11.1 Å². The summed E-state index contributed by atoms with van der Waals surface area (Å²) >= 11 is 0. The van der Waals surface area contributed by atoms with Crippen molar-refractivity contribution >= 4 is 0 Å². The molecule has 2 nitrogen and oxygen atoms in total. The SMILES string of the molecule is Oc1ccc([C@H](O)Cc2ccccc2)cc1. The molecular weight excluding hydrogens is 200 g/mol. The van der Waals surface area contributed by atoms with Crippen LogP contribution in [0.25, 0.3) is 0 Å². The van der Waals surface area contributed by atoms with E-state index in [1.165, 1.54) is 0 Å². The van der Waals surface area contributed by atoms with Crippen LogP contribution in [0.1, 0.15) is 17.2 Å². The average Bonchev–Trinajstić information content (AvgIpc) is 2.31. The summed E-state index contributed by atoms with van der Waals surface area (Å²) in [5.41, 5.74) is 1.92. The highest BCUT2D eigenvalue weighted by Gasteiger charge is 2.07. The maximum atomic E-state index is 9.98. The molecule has 0 saturated heterocycles. The monoisotopic (exact) mass is 214 g/mol. The van der Waals surface area contributed by atoms with E-state index in [0.29, 0.717) is 6.42 Å². The quantitative estimate of drug-likeness (QED) is 0.824. The summed E-state index contributed by atoms with van der Waals surface area (Å²) in [7, 11) is 0. The Hall–Kier alpha value is -1.80. The lowest BCUT2D eigenvalue weighted by molar-refractivity contribution is 0.178. The molecule has 2 aromatic carbocycles. The Bertz CT molecular complexity index is 434. The van der Waals surface area contributed by atoms with Crippen molar-refractivity contribution in [3.8, 4) is 5.75 Å². The summed E-state index contributed by atoms with van der Waals surface area (Å²) in [5, 5.41) is 19.1. The minimum atomic E-state index is -0.525. The van der Waals surface area contributed by atoms with E-state index >= 15 is 0 Å². The van der Waals surface area contributed by atoms with Gasteiger partial charge in [0.1, 0.15) is 5.75 Å². The van der Waals surface area contributed by atoms with Gasteiger partial charge in [0, 0.05) is 6.42 Å². The van der Waals surface area contributed by atoms with E-state index in [1.54, 1.807) is 24.3 Å². The van der Waals surface area contributed by atoms with Gasteiger partial charge in [0.2, 0.25) is 0 Å². The van der Waals surface area contributed by atoms with Crippen molar-refractivity contribution in [3.63, 3.8) is 0 Å². The van der Waals surface area contributed by atoms with Gasteiger partial charge >= 0.3 is 0 Å². The third-order valence-electron chi connectivity index (χ3n) is 2.55. The first-order chi connectivity index (χ1) is 7.75. The molecule has 0 spiro atoms. The number of phenolic OH excluding ortho intramolecular Hbond substituents is 1. The number of aliphatic hydroxyl groups is 1. The third kappa shape index (κ3) is 2.61. The summed E-state index contributed by atoms with van der Waals surface area (Å²) in [6, 6.07) is 16.5. The Morgan fingerprint density at radius 3 is 2.12 bits per heavy atom. The first kappa shape index (κ1) is 10.7. The standard InChI is InChI=1S/C14H14O2/c15-13-8-6-12(7-9-13)14(16)10-11-4-2-1-3-5-11/h1-9,14-16H,10H2/t14-/m1/s1. The molecule has 2 heteroatoms. The molecule has 0 radical (unpaired) electrons. The number of hydrogen-bond donors (Lipinski definition) is 2. The highest BCUT2D eigenvalue weighted by Crippen LogP contribution is 2.20. The van der Waals surface area contributed by atoms with Gasteiger partial charge in [-0.25, -0.2) is 0 Å². The largest absolute Gasteiger partial charge is 0.508 e. The molecule has 0 aliphatic rings. The van der Waals surface area contributed by atoms with Crippen LogP contribution in [0.5, 0.6) is 5.75 Å². The molecule has 2 aromatic rings. The van der Waals surface area contributed by atoms with Crippen molar-refractivity contribution in [2.24, 2.45) is 0 Å². The second kappa shape index (κ2) is 4.81. The van der Waals surface area contributed by atoms with Gasteiger partial charge in [0.15, 0.2) is 0 Å². The molecule has 0 bridgehead atoms. The van der Waals surface area contributed by atoms with Crippen LogP contribution in [0.3, 0.4) is 0 Å². The molecule has 0 aliphatic carbocycles. The molecule has 0 saturated carbocycles. The van der Waals surface area contributed by atoms with Crippen molar-refractivity contribution in [1.82, 2.24) is 0 Å². The fourth-order valence-electron chi connectivity index (χ4n) is 1.65. The Balaban J connectivity index is 2.09. The van der Waals surface area contributed by atoms with Gasteiger partial charge in [-0.2, -0.15) is 0 Å². The van der Waals surface area contributed by atoms with E-state index in [-0.39, 0.29) is 5.75 Å². The van der Waals surface area contributed by atoms with Crippen LogP contribution < -0.4 is 0 Å². The lowest BCUT2D eigenvalue weighted by Gasteiger charge is -2.10. The highest BCUT2D eigenvalue weighted by molar-refractivity contribution is 5.28.